The van der Waals surface area contributed by atoms with E-state index in [0.29, 0.717) is 19.1 Å². The number of piperidine rings is 2. The standard InChI is InChI=1S/C19H29N3O3S/c1-25-13-8-19(18(20)24)6-11-21(12-7-19)15-4-9-22(10-5-15)17(23)16-3-2-14-26-16/h2-3,14-15H,4-13H2,1H3,(H2,20,24). The third-order valence-corrected chi connectivity index (χ3v) is 6.92. The molecule has 2 N–H and O–H groups in total. The lowest BCUT2D eigenvalue weighted by atomic mass is 9.74. The lowest BCUT2D eigenvalue weighted by Gasteiger charge is -2.45. The van der Waals surface area contributed by atoms with Crippen molar-refractivity contribution in [1.29, 1.82) is 0 Å². The number of primary amides is 1. The molecule has 0 spiro atoms. The number of amides is 2. The molecule has 7 heteroatoms. The van der Waals surface area contributed by atoms with Gasteiger partial charge >= 0.3 is 0 Å². The van der Waals surface area contributed by atoms with Crippen molar-refractivity contribution in [2.24, 2.45) is 11.1 Å². The van der Waals surface area contributed by atoms with Crippen molar-refractivity contribution in [3.8, 4) is 0 Å². The van der Waals surface area contributed by atoms with E-state index in [2.05, 4.69) is 4.90 Å². The number of rotatable bonds is 6. The van der Waals surface area contributed by atoms with E-state index in [1.807, 2.05) is 22.4 Å². The number of carbonyl (C=O) groups is 2. The Morgan fingerprint density at radius 2 is 1.96 bits per heavy atom. The van der Waals surface area contributed by atoms with E-state index in [9.17, 15) is 9.59 Å². The van der Waals surface area contributed by atoms with Gasteiger partial charge in [-0.05, 0) is 56.6 Å². The minimum absolute atomic E-state index is 0.157. The Morgan fingerprint density at radius 3 is 2.50 bits per heavy atom. The van der Waals surface area contributed by atoms with Gasteiger partial charge in [0, 0.05) is 32.8 Å². The van der Waals surface area contributed by atoms with Crippen LogP contribution < -0.4 is 5.73 Å². The Balaban J connectivity index is 1.50. The number of thiophene rings is 1. The molecule has 144 valence electrons. The van der Waals surface area contributed by atoms with Crippen LogP contribution in [0.25, 0.3) is 0 Å². The largest absolute Gasteiger partial charge is 0.385 e. The number of nitrogens with two attached hydrogens (primary N) is 1. The van der Waals surface area contributed by atoms with E-state index < -0.39 is 5.41 Å². The minimum atomic E-state index is -0.414. The summed E-state index contributed by atoms with van der Waals surface area (Å²) in [5.41, 5.74) is 5.29. The van der Waals surface area contributed by atoms with Gasteiger partial charge in [-0.3, -0.25) is 9.59 Å². The third kappa shape index (κ3) is 4.10. The predicted molar refractivity (Wildman–Crippen MR) is 102 cm³/mol. The van der Waals surface area contributed by atoms with E-state index in [1.54, 1.807) is 7.11 Å². The third-order valence-electron chi connectivity index (χ3n) is 6.06. The maximum absolute atomic E-state index is 12.5. The average molecular weight is 380 g/mol. The van der Waals surface area contributed by atoms with Gasteiger partial charge in [-0.25, -0.2) is 0 Å². The second kappa shape index (κ2) is 8.50. The van der Waals surface area contributed by atoms with Crippen molar-refractivity contribution in [3.63, 3.8) is 0 Å². The maximum Gasteiger partial charge on any atom is 0.263 e. The fraction of sp³-hybridized carbons (Fsp3) is 0.684. The lowest BCUT2D eigenvalue weighted by molar-refractivity contribution is -0.132. The van der Waals surface area contributed by atoms with Crippen molar-refractivity contribution in [3.05, 3.63) is 22.4 Å². The zero-order valence-corrected chi connectivity index (χ0v) is 16.3. The van der Waals surface area contributed by atoms with Crippen LogP contribution in [-0.4, -0.2) is 67.6 Å². The second-order valence-corrected chi connectivity index (χ2v) is 8.37. The van der Waals surface area contributed by atoms with Crippen LogP contribution in [0, 0.1) is 5.41 Å². The van der Waals surface area contributed by atoms with Gasteiger partial charge in [0.1, 0.15) is 0 Å². The average Bonchev–Trinajstić information content (AvgIpc) is 3.21. The predicted octanol–water partition coefficient (Wildman–Crippen LogP) is 1.96. The lowest BCUT2D eigenvalue weighted by Crippen LogP contribution is -2.53. The van der Waals surface area contributed by atoms with Gasteiger partial charge < -0.3 is 20.3 Å². The molecule has 0 unspecified atom stereocenters. The van der Waals surface area contributed by atoms with Gasteiger partial charge in [0.05, 0.1) is 10.3 Å². The van der Waals surface area contributed by atoms with E-state index >= 15 is 0 Å². The molecule has 3 rings (SSSR count). The minimum Gasteiger partial charge on any atom is -0.385 e. The highest BCUT2D eigenvalue weighted by atomic mass is 32.1. The van der Waals surface area contributed by atoms with Crippen LogP contribution in [0.3, 0.4) is 0 Å². The Kier molecular flexibility index (Phi) is 6.32. The van der Waals surface area contributed by atoms with Crippen molar-refractivity contribution >= 4 is 23.2 Å². The van der Waals surface area contributed by atoms with Gasteiger partial charge in [0.25, 0.3) is 5.91 Å². The van der Waals surface area contributed by atoms with Gasteiger partial charge in [0.2, 0.25) is 5.91 Å². The smallest absolute Gasteiger partial charge is 0.263 e. The molecule has 0 saturated carbocycles. The molecule has 0 aromatic carbocycles. The van der Waals surface area contributed by atoms with E-state index in [1.165, 1.54) is 11.3 Å². The van der Waals surface area contributed by atoms with Gasteiger partial charge in [-0.15, -0.1) is 11.3 Å². The highest BCUT2D eigenvalue weighted by molar-refractivity contribution is 7.12. The van der Waals surface area contributed by atoms with E-state index in [0.717, 1.165) is 56.7 Å². The first kappa shape index (κ1) is 19.3. The zero-order chi connectivity index (χ0) is 18.6. The summed E-state index contributed by atoms with van der Waals surface area (Å²) in [5, 5.41) is 1.95. The Morgan fingerprint density at radius 1 is 1.27 bits per heavy atom. The molecule has 0 radical (unpaired) electrons. The van der Waals surface area contributed by atoms with Gasteiger partial charge in [0.15, 0.2) is 0 Å². The maximum atomic E-state index is 12.5. The molecule has 6 nitrogen and oxygen atoms in total. The van der Waals surface area contributed by atoms with Crippen molar-refractivity contribution < 1.29 is 14.3 Å². The molecule has 2 saturated heterocycles. The number of ether oxygens (including phenoxy) is 1. The summed E-state index contributed by atoms with van der Waals surface area (Å²) < 4.78 is 5.17. The Bertz CT molecular complexity index is 604. The fourth-order valence-corrected chi connectivity index (χ4v) is 4.92. The molecular weight excluding hydrogens is 350 g/mol. The number of methoxy groups -OCH3 is 1. The molecule has 2 fully saturated rings. The van der Waals surface area contributed by atoms with Crippen LogP contribution in [-0.2, 0) is 9.53 Å². The quantitative estimate of drug-likeness (QED) is 0.820. The first-order valence-corrected chi connectivity index (χ1v) is 10.3. The summed E-state index contributed by atoms with van der Waals surface area (Å²) in [6.07, 6.45) is 4.32. The topological polar surface area (TPSA) is 75.9 Å². The summed E-state index contributed by atoms with van der Waals surface area (Å²) >= 11 is 1.51. The SMILES string of the molecule is COCCC1(C(N)=O)CCN(C2CCN(C(=O)c3cccs3)CC2)CC1. The van der Waals surface area contributed by atoms with Crippen molar-refractivity contribution in [2.45, 2.75) is 38.1 Å². The number of hydrogen-bond donors (Lipinski definition) is 1. The normalized spacial score (nSPS) is 21.7. The van der Waals surface area contributed by atoms with Crippen LogP contribution in [0.5, 0.6) is 0 Å². The van der Waals surface area contributed by atoms with Crippen molar-refractivity contribution in [1.82, 2.24) is 9.80 Å². The summed E-state index contributed by atoms with van der Waals surface area (Å²) in [6.45, 7) is 3.99. The number of hydrogen-bond acceptors (Lipinski definition) is 5. The monoisotopic (exact) mass is 379 g/mol. The molecule has 3 heterocycles. The molecule has 0 bridgehead atoms. The van der Waals surface area contributed by atoms with Crippen LogP contribution in [0.1, 0.15) is 41.8 Å². The van der Waals surface area contributed by atoms with E-state index in [4.69, 9.17) is 10.5 Å². The molecule has 2 aliphatic heterocycles. The molecular formula is C19H29N3O3S. The Hall–Kier alpha value is -1.44. The van der Waals surface area contributed by atoms with Crippen LogP contribution in [0.15, 0.2) is 17.5 Å². The second-order valence-electron chi connectivity index (χ2n) is 7.42. The van der Waals surface area contributed by atoms with Crippen LogP contribution >= 0.6 is 11.3 Å². The fourth-order valence-electron chi connectivity index (χ4n) is 4.22. The highest BCUT2D eigenvalue weighted by Crippen LogP contribution is 2.36. The number of nitrogens with zero attached hydrogens (tertiary/aromatic N) is 2. The molecule has 26 heavy (non-hydrogen) atoms. The highest BCUT2D eigenvalue weighted by Gasteiger charge is 2.41. The molecule has 2 aliphatic rings. The molecule has 1 aromatic heterocycles. The summed E-state index contributed by atoms with van der Waals surface area (Å²) in [7, 11) is 1.66. The number of likely N-dealkylation sites (tertiary alicyclic amines) is 2. The molecule has 2 amide bonds. The summed E-state index contributed by atoms with van der Waals surface area (Å²) in [5.74, 6) is -0.0324. The van der Waals surface area contributed by atoms with E-state index in [-0.39, 0.29) is 11.8 Å². The first-order valence-electron chi connectivity index (χ1n) is 9.41. The molecule has 0 atom stereocenters. The summed E-state index contributed by atoms with van der Waals surface area (Å²) in [6, 6.07) is 4.32. The molecule has 1 aromatic rings. The zero-order valence-electron chi connectivity index (χ0n) is 15.5. The van der Waals surface area contributed by atoms with Gasteiger partial charge in [-0.2, -0.15) is 0 Å². The summed E-state index contributed by atoms with van der Waals surface area (Å²) in [4.78, 5) is 29.7. The number of carbonyl (C=O) groups excluding carboxylic acids is 2. The van der Waals surface area contributed by atoms with Gasteiger partial charge in [-0.1, -0.05) is 6.07 Å². The molecule has 0 aliphatic carbocycles. The van der Waals surface area contributed by atoms with Crippen LogP contribution in [0.4, 0.5) is 0 Å². The first-order chi connectivity index (χ1) is 12.6. The van der Waals surface area contributed by atoms with Crippen molar-refractivity contribution in [2.75, 3.05) is 39.9 Å². The Labute approximate surface area is 159 Å². The van der Waals surface area contributed by atoms with Crippen LogP contribution in [0.2, 0.25) is 0 Å².